The second kappa shape index (κ2) is 22.5. The average Bonchev–Trinajstić information content (AvgIpc) is 3.29. The molecular weight excluding hydrogens is 787 g/mol. The fourth-order valence-corrected chi connectivity index (χ4v) is 7.32. The summed E-state index contributed by atoms with van der Waals surface area (Å²) in [6, 6.07) is 33.9. The molecule has 0 saturated carbocycles. The number of aryl methyl sites for hydroxylation is 1. The molecule has 4 aromatic carbocycles. The minimum atomic E-state index is -1.18. The van der Waals surface area contributed by atoms with E-state index in [1.807, 2.05) is 84.9 Å². The van der Waals surface area contributed by atoms with Gasteiger partial charge in [-0.1, -0.05) is 97.1 Å². The molecule has 1 aromatic heterocycles. The van der Waals surface area contributed by atoms with E-state index in [-0.39, 0.29) is 57.3 Å². The molecule has 13 heteroatoms. The number of hydrogen-bond acceptors (Lipinski definition) is 8. The highest BCUT2D eigenvalue weighted by molar-refractivity contribution is 5.96. The fourth-order valence-electron chi connectivity index (χ4n) is 7.32. The molecular formula is C49H51N5O8. The lowest BCUT2D eigenvalue weighted by Crippen LogP contribution is -2.57. The first-order chi connectivity index (χ1) is 30.1. The Balaban J connectivity index is 1.33. The minimum Gasteiger partial charge on any atom is -0.484 e. The van der Waals surface area contributed by atoms with E-state index in [1.165, 1.54) is 0 Å². The summed E-state index contributed by atoms with van der Waals surface area (Å²) in [6.45, 7) is -0.301. The third-order valence-corrected chi connectivity index (χ3v) is 10.7. The SMILES string of the molecule is O=C(O)CCCNC(=O)[C@@H]1CC(=O)[C@H](CCc2ccccc2)NC(=O)[C@@H](Cc2ccc(-c3ccccc3)cc2)NC(=O)[C@H](Cc2ccncc2)NC(=O)COc2ccc(cc2)C1. The van der Waals surface area contributed by atoms with Crippen molar-refractivity contribution in [2.45, 2.75) is 69.5 Å². The summed E-state index contributed by atoms with van der Waals surface area (Å²) < 4.78 is 5.78. The van der Waals surface area contributed by atoms with E-state index >= 15 is 0 Å². The molecule has 320 valence electrons. The van der Waals surface area contributed by atoms with E-state index in [9.17, 15) is 28.8 Å². The number of benzene rings is 4. The smallest absolute Gasteiger partial charge is 0.303 e. The van der Waals surface area contributed by atoms with Crippen LogP contribution in [0.25, 0.3) is 11.1 Å². The second-order valence-electron chi connectivity index (χ2n) is 15.4. The van der Waals surface area contributed by atoms with Crippen LogP contribution in [0.2, 0.25) is 0 Å². The molecule has 5 N–H and O–H groups in total. The molecule has 0 radical (unpaired) electrons. The molecule has 4 amide bonds. The molecule has 0 saturated heterocycles. The van der Waals surface area contributed by atoms with E-state index < -0.39 is 60.2 Å². The average molecular weight is 838 g/mol. The number of rotatable bonds is 13. The summed E-state index contributed by atoms with van der Waals surface area (Å²) in [5.41, 5.74) is 5.10. The van der Waals surface area contributed by atoms with Gasteiger partial charge in [0.05, 0.1) is 6.04 Å². The molecule has 4 atom stereocenters. The van der Waals surface area contributed by atoms with Crippen molar-refractivity contribution in [2.75, 3.05) is 13.2 Å². The van der Waals surface area contributed by atoms with Gasteiger partial charge in [-0.05, 0) is 83.3 Å². The van der Waals surface area contributed by atoms with Crippen molar-refractivity contribution in [3.63, 3.8) is 0 Å². The van der Waals surface area contributed by atoms with Gasteiger partial charge < -0.3 is 31.1 Å². The number of carbonyl (C=O) groups excluding carboxylic acids is 5. The van der Waals surface area contributed by atoms with E-state index in [0.29, 0.717) is 17.7 Å². The molecule has 7 rings (SSSR count). The van der Waals surface area contributed by atoms with Crippen molar-refractivity contribution >= 4 is 35.4 Å². The number of nitrogens with zero attached hydrogens (tertiary/aromatic N) is 1. The first-order valence-electron chi connectivity index (χ1n) is 20.8. The number of aromatic nitrogens is 1. The van der Waals surface area contributed by atoms with Crippen molar-refractivity contribution in [2.24, 2.45) is 5.92 Å². The number of nitrogens with one attached hydrogen (secondary N) is 4. The normalized spacial score (nSPS) is 18.8. The van der Waals surface area contributed by atoms with Crippen molar-refractivity contribution < 1.29 is 38.6 Å². The quantitative estimate of drug-likeness (QED) is 0.0818. The predicted molar refractivity (Wildman–Crippen MR) is 233 cm³/mol. The summed E-state index contributed by atoms with van der Waals surface area (Å²) in [4.78, 5) is 85.6. The molecule has 2 bridgehead atoms. The maximum Gasteiger partial charge on any atom is 0.303 e. The lowest BCUT2D eigenvalue weighted by Gasteiger charge is -2.26. The van der Waals surface area contributed by atoms with Gasteiger partial charge >= 0.3 is 5.97 Å². The highest BCUT2D eigenvalue weighted by Gasteiger charge is 2.32. The first-order valence-corrected chi connectivity index (χ1v) is 20.8. The fraction of sp³-hybridized carbons (Fsp3) is 0.286. The van der Waals surface area contributed by atoms with Crippen LogP contribution in [0.1, 0.15) is 47.9 Å². The number of ether oxygens (including phenoxy) is 1. The van der Waals surface area contributed by atoms with Crippen LogP contribution in [0, 0.1) is 5.92 Å². The predicted octanol–water partition coefficient (Wildman–Crippen LogP) is 4.81. The minimum absolute atomic E-state index is 0.0562. The Morgan fingerprint density at radius 3 is 1.92 bits per heavy atom. The summed E-state index contributed by atoms with van der Waals surface area (Å²) in [7, 11) is 0. The van der Waals surface area contributed by atoms with E-state index in [0.717, 1.165) is 27.8 Å². The topological polar surface area (TPSA) is 193 Å². The number of aliphatic carboxylic acids is 1. The van der Waals surface area contributed by atoms with Gasteiger partial charge in [-0.2, -0.15) is 0 Å². The van der Waals surface area contributed by atoms with E-state index in [1.54, 1.807) is 48.8 Å². The number of ketones is 1. The van der Waals surface area contributed by atoms with E-state index in [4.69, 9.17) is 9.84 Å². The number of carbonyl (C=O) groups is 6. The molecule has 3 heterocycles. The molecule has 0 fully saturated rings. The zero-order valence-electron chi connectivity index (χ0n) is 34.3. The third kappa shape index (κ3) is 13.7. The standard InChI is InChI=1S/C49H51N5O8/c55-44-31-39(47(59)51-25-7-12-46(57)58)28-34-15-20-40(21-16-34)62-32-45(56)52-42(30-36-23-26-50-27-24-36)48(60)54-43(49(61)53-41(44)22-17-33-8-3-1-4-9-33)29-35-13-18-38(19-14-35)37-10-5-2-6-11-37/h1-6,8-11,13-16,18-21,23-24,26-27,39,41-43H,7,12,17,22,25,28-32H2,(H,51,59)(H,52,56)(H,53,61)(H,54,60)(H,57,58)/t39-,41-,42-,43+/m0/s1. The van der Waals surface area contributed by atoms with Gasteiger partial charge in [0.2, 0.25) is 17.7 Å². The summed E-state index contributed by atoms with van der Waals surface area (Å²) in [5.74, 6) is -4.08. The lowest BCUT2D eigenvalue weighted by molar-refractivity contribution is -0.137. The Bertz CT molecular complexity index is 2270. The molecule has 0 aliphatic carbocycles. The molecule has 0 unspecified atom stereocenters. The largest absolute Gasteiger partial charge is 0.484 e. The number of carboxylic acids is 1. The Morgan fingerprint density at radius 1 is 0.661 bits per heavy atom. The van der Waals surface area contributed by atoms with Gasteiger partial charge in [-0.3, -0.25) is 33.8 Å². The zero-order valence-corrected chi connectivity index (χ0v) is 34.3. The molecule has 0 spiro atoms. The number of pyridine rings is 1. The lowest BCUT2D eigenvalue weighted by atomic mass is 9.89. The Labute approximate surface area is 360 Å². The van der Waals surface area contributed by atoms with Crippen molar-refractivity contribution in [3.8, 4) is 16.9 Å². The maximum absolute atomic E-state index is 14.6. The van der Waals surface area contributed by atoms with Crippen LogP contribution in [0.15, 0.2) is 134 Å². The van der Waals surface area contributed by atoms with Gasteiger partial charge in [0.25, 0.3) is 5.91 Å². The number of hydrogen-bond donors (Lipinski definition) is 5. The molecule has 2 aliphatic rings. The zero-order chi connectivity index (χ0) is 43.7. The van der Waals surface area contributed by atoms with Crippen LogP contribution in [0.5, 0.6) is 5.75 Å². The number of carboxylic acid groups (broad SMARTS) is 1. The molecule has 5 aromatic rings. The second-order valence-corrected chi connectivity index (χ2v) is 15.4. The highest BCUT2D eigenvalue weighted by Crippen LogP contribution is 2.22. The van der Waals surface area contributed by atoms with Gasteiger partial charge in [0.1, 0.15) is 17.8 Å². The van der Waals surface area contributed by atoms with Crippen LogP contribution in [0.4, 0.5) is 0 Å². The highest BCUT2D eigenvalue weighted by atomic mass is 16.5. The van der Waals surface area contributed by atoms with Gasteiger partial charge in [-0.25, -0.2) is 0 Å². The summed E-state index contributed by atoms with van der Waals surface area (Å²) >= 11 is 0. The summed E-state index contributed by atoms with van der Waals surface area (Å²) in [5, 5.41) is 20.5. The monoisotopic (exact) mass is 837 g/mol. The van der Waals surface area contributed by atoms with Gasteiger partial charge in [-0.15, -0.1) is 0 Å². The Hall–Kier alpha value is -7.15. The first kappa shape index (κ1) is 44.4. The molecule has 62 heavy (non-hydrogen) atoms. The Morgan fingerprint density at radius 2 is 1.26 bits per heavy atom. The van der Waals surface area contributed by atoms with Crippen LogP contribution >= 0.6 is 0 Å². The molecule has 2 aliphatic heterocycles. The van der Waals surface area contributed by atoms with Crippen LogP contribution in [-0.4, -0.2) is 76.7 Å². The molecule has 13 nitrogen and oxygen atoms in total. The van der Waals surface area contributed by atoms with Crippen LogP contribution < -0.4 is 26.0 Å². The number of Topliss-reactive ketones (excluding diaryl/α,β-unsaturated/α-hetero) is 1. The van der Waals surface area contributed by atoms with Gasteiger partial charge in [0, 0.05) is 50.5 Å². The van der Waals surface area contributed by atoms with Gasteiger partial charge in [0.15, 0.2) is 12.4 Å². The van der Waals surface area contributed by atoms with Crippen LogP contribution in [-0.2, 0) is 54.5 Å². The summed E-state index contributed by atoms with van der Waals surface area (Å²) in [6.07, 6.45) is 3.97. The van der Waals surface area contributed by atoms with E-state index in [2.05, 4.69) is 26.3 Å². The van der Waals surface area contributed by atoms with Crippen molar-refractivity contribution in [1.82, 2.24) is 26.3 Å². The Kier molecular flexibility index (Phi) is 16.1. The number of amides is 4. The third-order valence-electron chi connectivity index (χ3n) is 10.7. The number of fused-ring (bicyclic) bond motifs is 16. The van der Waals surface area contributed by atoms with Crippen molar-refractivity contribution in [1.29, 1.82) is 0 Å². The van der Waals surface area contributed by atoms with Crippen molar-refractivity contribution in [3.05, 3.63) is 156 Å². The van der Waals surface area contributed by atoms with Crippen LogP contribution in [0.3, 0.4) is 0 Å². The maximum atomic E-state index is 14.6.